The van der Waals surface area contributed by atoms with Crippen LogP contribution in [0.4, 0.5) is 10.7 Å². The second kappa shape index (κ2) is 11.8. The Balaban J connectivity index is 1.50. The van der Waals surface area contributed by atoms with Gasteiger partial charge in [0.1, 0.15) is 11.1 Å². The van der Waals surface area contributed by atoms with Crippen molar-refractivity contribution in [2.45, 2.75) is 63.6 Å². The largest absolute Gasteiger partial charge is 0.302 e. The van der Waals surface area contributed by atoms with Crippen molar-refractivity contribution in [2.75, 3.05) is 0 Å². The number of aromatic nitrogens is 3. The second-order valence-corrected chi connectivity index (χ2v) is 13.5. The number of rotatable bonds is 7. The van der Waals surface area contributed by atoms with Gasteiger partial charge in [0.05, 0.1) is 10.5 Å². The molecule has 2 aromatic heterocycles. The smallest absolute Gasteiger partial charge is 0.270 e. The number of hydrogen-bond acceptors (Lipinski definition) is 8. The van der Waals surface area contributed by atoms with Gasteiger partial charge in [-0.15, -0.1) is 21.5 Å². The van der Waals surface area contributed by atoms with E-state index in [0.717, 1.165) is 35.3 Å². The van der Waals surface area contributed by atoms with Crippen molar-refractivity contribution < 1.29 is 4.92 Å². The molecule has 210 valence electrons. The van der Waals surface area contributed by atoms with Gasteiger partial charge in [0, 0.05) is 50.8 Å². The Morgan fingerprint density at radius 3 is 2.78 bits per heavy atom. The first-order valence-electron chi connectivity index (χ1n) is 13.3. The van der Waals surface area contributed by atoms with Gasteiger partial charge >= 0.3 is 0 Å². The molecule has 0 unspecified atom stereocenters. The van der Waals surface area contributed by atoms with Crippen LogP contribution in [-0.2, 0) is 19.4 Å². The van der Waals surface area contributed by atoms with Gasteiger partial charge in [-0.2, -0.15) is 5.26 Å². The van der Waals surface area contributed by atoms with Gasteiger partial charge in [-0.3, -0.25) is 10.1 Å². The molecule has 0 aliphatic heterocycles. The number of fused-ring (bicyclic) bond motifs is 1. The minimum Gasteiger partial charge on any atom is -0.302 e. The molecule has 41 heavy (non-hydrogen) atoms. The zero-order chi connectivity index (χ0) is 29.3. The third kappa shape index (κ3) is 6.08. The number of aliphatic imine (C=N–C) groups is 1. The van der Waals surface area contributed by atoms with Crippen LogP contribution in [0.25, 0.3) is 11.4 Å². The first-order chi connectivity index (χ1) is 19.6. The minimum atomic E-state index is -0.422. The van der Waals surface area contributed by atoms with Crippen LogP contribution < -0.4 is 0 Å². The van der Waals surface area contributed by atoms with Gasteiger partial charge in [-0.05, 0) is 73.0 Å². The lowest BCUT2D eigenvalue weighted by molar-refractivity contribution is -0.384. The fraction of sp³-hybridized carbons (Fsp3) is 0.333. The molecule has 0 spiro atoms. The highest BCUT2D eigenvalue weighted by molar-refractivity contribution is 7.99. The lowest BCUT2D eigenvalue weighted by Crippen LogP contribution is -2.26. The highest BCUT2D eigenvalue weighted by Gasteiger charge is 2.32. The predicted octanol–water partition coefficient (Wildman–Crippen LogP) is 8.51. The van der Waals surface area contributed by atoms with Crippen molar-refractivity contribution in [1.82, 2.24) is 14.8 Å². The number of nitrogens with zero attached hydrogens (tertiary/aromatic N) is 6. The van der Waals surface area contributed by atoms with Crippen LogP contribution in [0.1, 0.15) is 55.7 Å². The summed E-state index contributed by atoms with van der Waals surface area (Å²) >= 11 is 9.12. The van der Waals surface area contributed by atoms with Crippen molar-refractivity contribution in [3.05, 3.63) is 79.2 Å². The molecule has 0 saturated carbocycles. The normalized spacial score (nSPS) is 15.2. The molecule has 2 aromatic carbocycles. The fourth-order valence-electron chi connectivity index (χ4n) is 5.08. The molecule has 0 fully saturated rings. The van der Waals surface area contributed by atoms with E-state index in [-0.39, 0.29) is 11.1 Å². The number of thiophene rings is 1. The maximum Gasteiger partial charge on any atom is 0.270 e. The van der Waals surface area contributed by atoms with Crippen LogP contribution in [0.15, 0.2) is 57.5 Å². The molecule has 1 aliphatic rings. The molecule has 1 atom stereocenters. The summed E-state index contributed by atoms with van der Waals surface area (Å²) in [5, 5.41) is 32.3. The summed E-state index contributed by atoms with van der Waals surface area (Å²) < 4.78 is 1.98. The summed E-state index contributed by atoms with van der Waals surface area (Å²) in [6.07, 6.45) is 4.48. The Morgan fingerprint density at radius 2 is 2.10 bits per heavy atom. The van der Waals surface area contributed by atoms with Crippen LogP contribution in [0, 0.1) is 32.8 Å². The summed E-state index contributed by atoms with van der Waals surface area (Å²) in [5.74, 6) is 1.23. The van der Waals surface area contributed by atoms with Gasteiger partial charge in [0.25, 0.3) is 5.69 Å². The van der Waals surface area contributed by atoms with Crippen LogP contribution in [-0.4, -0.2) is 25.9 Å². The average molecular weight is 605 g/mol. The number of nitro benzene ring substituents is 1. The minimum absolute atomic E-state index is 0.0358. The first kappa shape index (κ1) is 29.0. The zero-order valence-corrected chi connectivity index (χ0v) is 25.6. The van der Waals surface area contributed by atoms with Gasteiger partial charge < -0.3 is 4.57 Å². The van der Waals surface area contributed by atoms with Gasteiger partial charge in [-0.1, -0.05) is 44.5 Å². The molecule has 4 aromatic rings. The van der Waals surface area contributed by atoms with Crippen molar-refractivity contribution in [1.29, 1.82) is 5.26 Å². The Hall–Kier alpha value is -3.52. The Bertz CT molecular complexity index is 1700. The van der Waals surface area contributed by atoms with E-state index in [1.165, 1.54) is 28.8 Å². The number of halogens is 1. The van der Waals surface area contributed by atoms with E-state index in [1.807, 2.05) is 29.7 Å². The maximum absolute atomic E-state index is 11.6. The van der Waals surface area contributed by atoms with E-state index in [2.05, 4.69) is 37.0 Å². The molecular formula is C30H29ClN6O2S2. The maximum atomic E-state index is 11.6. The standard InChI is InChI=1S/C30H29ClN6O2S2/c1-5-36-27(18-7-6-8-21(31)13-18)34-35-29(36)41-25-12-10-22(37(38)39)14-19(25)17-33-28-24(16-32)23-11-9-20(30(2,3)4)15-26(23)40-28/h6-8,10,12-14,17,20H,5,9,11,15H2,1-4H3/t20-/m1/s1. The van der Waals surface area contributed by atoms with E-state index in [1.54, 1.807) is 29.7 Å². The molecule has 0 radical (unpaired) electrons. The summed E-state index contributed by atoms with van der Waals surface area (Å²) in [6.45, 7) is 9.42. The molecule has 0 bridgehead atoms. The highest BCUT2D eigenvalue weighted by atomic mass is 35.5. The SMILES string of the molecule is CCn1c(Sc2ccc([N+](=O)[O-])cc2C=Nc2sc3c(c2C#N)CC[C@@H](C(C)(C)C)C3)nnc1-c1cccc(Cl)c1. The summed E-state index contributed by atoms with van der Waals surface area (Å²) in [4.78, 5) is 17.9. The van der Waals surface area contributed by atoms with Gasteiger partial charge in [-0.25, -0.2) is 4.99 Å². The second-order valence-electron chi connectivity index (χ2n) is 11.0. The first-order valence-corrected chi connectivity index (χ1v) is 15.3. The molecule has 8 nitrogen and oxygen atoms in total. The monoisotopic (exact) mass is 604 g/mol. The summed E-state index contributed by atoms with van der Waals surface area (Å²) in [5.41, 5.74) is 3.30. The van der Waals surface area contributed by atoms with E-state index in [9.17, 15) is 15.4 Å². The van der Waals surface area contributed by atoms with Gasteiger partial charge in [0.2, 0.25) is 0 Å². The van der Waals surface area contributed by atoms with Crippen molar-refractivity contribution in [3.63, 3.8) is 0 Å². The quantitative estimate of drug-likeness (QED) is 0.119. The topological polar surface area (TPSA) is 110 Å². The lowest BCUT2D eigenvalue weighted by atomic mass is 9.72. The van der Waals surface area contributed by atoms with E-state index in [4.69, 9.17) is 16.6 Å². The fourth-order valence-corrected chi connectivity index (χ4v) is 7.46. The number of hydrogen-bond donors (Lipinski definition) is 0. The van der Waals surface area contributed by atoms with E-state index >= 15 is 0 Å². The van der Waals surface area contributed by atoms with E-state index < -0.39 is 4.92 Å². The van der Waals surface area contributed by atoms with Crippen LogP contribution in [0.3, 0.4) is 0 Å². The van der Waals surface area contributed by atoms with Crippen molar-refractivity contribution >= 4 is 51.6 Å². The third-order valence-electron chi connectivity index (χ3n) is 7.43. The Morgan fingerprint density at radius 1 is 1.29 bits per heavy atom. The molecule has 0 amide bonds. The molecule has 5 rings (SSSR count). The highest BCUT2D eigenvalue weighted by Crippen LogP contribution is 2.45. The third-order valence-corrected chi connectivity index (χ3v) is 9.90. The van der Waals surface area contributed by atoms with Crippen molar-refractivity contribution in [3.8, 4) is 17.5 Å². The van der Waals surface area contributed by atoms with Crippen LogP contribution in [0.2, 0.25) is 5.02 Å². The molecule has 0 saturated heterocycles. The number of nitro groups is 1. The average Bonchev–Trinajstić information content (AvgIpc) is 3.51. The number of benzene rings is 2. The summed E-state index contributed by atoms with van der Waals surface area (Å²) in [7, 11) is 0. The van der Waals surface area contributed by atoms with Crippen LogP contribution >= 0.6 is 34.7 Å². The van der Waals surface area contributed by atoms with E-state index in [0.29, 0.717) is 44.6 Å². The Labute approximate surface area is 252 Å². The van der Waals surface area contributed by atoms with Crippen LogP contribution in [0.5, 0.6) is 0 Å². The lowest BCUT2D eigenvalue weighted by Gasteiger charge is -2.33. The predicted molar refractivity (Wildman–Crippen MR) is 165 cm³/mol. The molecule has 11 heteroatoms. The zero-order valence-electron chi connectivity index (χ0n) is 23.2. The molecule has 1 aliphatic carbocycles. The van der Waals surface area contributed by atoms with Gasteiger partial charge in [0.15, 0.2) is 11.0 Å². The summed E-state index contributed by atoms with van der Waals surface area (Å²) in [6, 6.07) is 14.5. The van der Waals surface area contributed by atoms with Crippen molar-refractivity contribution in [2.24, 2.45) is 16.3 Å². The number of non-ortho nitro benzene ring substituents is 1. The molecular weight excluding hydrogens is 576 g/mol. The molecule has 0 N–H and O–H groups in total. The molecule has 2 heterocycles. The number of nitriles is 1. The Kier molecular flexibility index (Phi) is 8.32.